The summed E-state index contributed by atoms with van der Waals surface area (Å²) >= 11 is 12.9. The molecule has 0 aromatic heterocycles. The Morgan fingerprint density at radius 1 is 1.43 bits per heavy atom. The van der Waals surface area contributed by atoms with Gasteiger partial charge in [0, 0.05) is 4.90 Å². The van der Waals surface area contributed by atoms with Crippen molar-refractivity contribution < 1.29 is 0 Å². The molecule has 1 rings (SSSR count). The van der Waals surface area contributed by atoms with Crippen molar-refractivity contribution in [1.82, 2.24) is 0 Å². The molecule has 0 aliphatic carbocycles. The standard InChI is InChI=1S/C9H8Cl2N2S/c1-5(12)9(13)14-7-4-2-3-6(10)8(7)11/h2-4,13H,1,12H2. The highest BCUT2D eigenvalue weighted by Gasteiger charge is 2.08. The second-order valence-corrected chi connectivity index (χ2v) is 4.35. The molecule has 0 saturated heterocycles. The van der Waals surface area contributed by atoms with E-state index in [9.17, 15) is 0 Å². The van der Waals surface area contributed by atoms with E-state index < -0.39 is 0 Å². The molecule has 2 nitrogen and oxygen atoms in total. The lowest BCUT2D eigenvalue weighted by Crippen LogP contribution is -2.04. The fourth-order valence-electron chi connectivity index (χ4n) is 0.738. The van der Waals surface area contributed by atoms with Crippen LogP contribution in [0.15, 0.2) is 35.4 Å². The topological polar surface area (TPSA) is 49.9 Å². The highest BCUT2D eigenvalue weighted by Crippen LogP contribution is 2.33. The molecule has 0 spiro atoms. The van der Waals surface area contributed by atoms with E-state index in [-0.39, 0.29) is 10.7 Å². The van der Waals surface area contributed by atoms with Crippen molar-refractivity contribution in [2.75, 3.05) is 0 Å². The van der Waals surface area contributed by atoms with Gasteiger partial charge in [-0.25, -0.2) is 0 Å². The monoisotopic (exact) mass is 246 g/mol. The number of hydrogen-bond acceptors (Lipinski definition) is 3. The summed E-state index contributed by atoms with van der Waals surface area (Å²) in [5, 5.41) is 8.56. The predicted molar refractivity (Wildman–Crippen MR) is 63.4 cm³/mol. The van der Waals surface area contributed by atoms with Gasteiger partial charge in [0.15, 0.2) is 0 Å². The van der Waals surface area contributed by atoms with E-state index in [0.717, 1.165) is 11.8 Å². The van der Waals surface area contributed by atoms with Gasteiger partial charge < -0.3 is 5.73 Å². The highest BCUT2D eigenvalue weighted by atomic mass is 35.5. The Hall–Kier alpha value is -0.640. The number of nitrogens with two attached hydrogens (primary N) is 1. The third-order valence-corrected chi connectivity index (χ3v) is 3.38. The Morgan fingerprint density at radius 3 is 2.64 bits per heavy atom. The SMILES string of the molecule is C=C(N)C(=N)Sc1cccc(Cl)c1Cl. The maximum Gasteiger partial charge on any atom is 0.114 e. The Kier molecular flexibility index (Phi) is 3.86. The van der Waals surface area contributed by atoms with Crippen LogP contribution >= 0.6 is 35.0 Å². The second-order valence-electron chi connectivity index (χ2n) is 2.51. The highest BCUT2D eigenvalue weighted by molar-refractivity contribution is 8.14. The summed E-state index contributed by atoms with van der Waals surface area (Å²) < 4.78 is 0. The third-order valence-electron chi connectivity index (χ3n) is 1.42. The second kappa shape index (κ2) is 4.73. The first kappa shape index (κ1) is 11.4. The van der Waals surface area contributed by atoms with Crippen LogP contribution in [-0.4, -0.2) is 5.04 Å². The average Bonchev–Trinajstić information content (AvgIpc) is 2.12. The van der Waals surface area contributed by atoms with Crippen molar-refractivity contribution >= 4 is 40.0 Å². The Morgan fingerprint density at radius 2 is 2.07 bits per heavy atom. The first-order valence-corrected chi connectivity index (χ1v) is 5.24. The normalized spacial score (nSPS) is 9.86. The average molecular weight is 247 g/mol. The van der Waals surface area contributed by atoms with E-state index >= 15 is 0 Å². The van der Waals surface area contributed by atoms with Crippen LogP contribution in [0.25, 0.3) is 0 Å². The molecule has 0 radical (unpaired) electrons. The quantitative estimate of drug-likeness (QED) is 0.477. The Labute approximate surface area is 96.6 Å². The van der Waals surface area contributed by atoms with Gasteiger partial charge in [0.1, 0.15) is 5.04 Å². The zero-order chi connectivity index (χ0) is 10.7. The Bertz CT molecular complexity index is 390. The summed E-state index contributed by atoms with van der Waals surface area (Å²) in [5.74, 6) is 0. The zero-order valence-electron chi connectivity index (χ0n) is 7.18. The van der Waals surface area contributed by atoms with Crippen LogP contribution in [0.3, 0.4) is 0 Å². The van der Waals surface area contributed by atoms with Gasteiger partial charge in [-0.3, -0.25) is 5.41 Å². The van der Waals surface area contributed by atoms with Gasteiger partial charge in [0.2, 0.25) is 0 Å². The molecule has 0 atom stereocenters. The van der Waals surface area contributed by atoms with Crippen molar-refractivity contribution in [3.63, 3.8) is 0 Å². The van der Waals surface area contributed by atoms with E-state index in [4.69, 9.17) is 34.3 Å². The Balaban J connectivity index is 2.93. The molecule has 0 amide bonds. The molecule has 0 unspecified atom stereocenters. The molecule has 0 heterocycles. The molecule has 74 valence electrons. The fraction of sp³-hybridized carbons (Fsp3) is 0. The number of nitrogens with one attached hydrogen (secondary N) is 1. The smallest absolute Gasteiger partial charge is 0.114 e. The molecule has 0 aliphatic rings. The zero-order valence-corrected chi connectivity index (χ0v) is 9.51. The van der Waals surface area contributed by atoms with Crippen LogP contribution in [0.2, 0.25) is 10.0 Å². The van der Waals surface area contributed by atoms with Crippen LogP contribution in [-0.2, 0) is 0 Å². The van der Waals surface area contributed by atoms with Gasteiger partial charge in [0.05, 0.1) is 15.7 Å². The summed E-state index contributed by atoms with van der Waals surface area (Å²) in [7, 11) is 0. The summed E-state index contributed by atoms with van der Waals surface area (Å²) in [6.07, 6.45) is 0. The maximum absolute atomic E-state index is 7.48. The first-order valence-electron chi connectivity index (χ1n) is 3.67. The lowest BCUT2D eigenvalue weighted by molar-refractivity contribution is 1.43. The summed E-state index contributed by atoms with van der Waals surface area (Å²) in [6, 6.07) is 5.23. The number of hydrogen-bond donors (Lipinski definition) is 2. The van der Waals surface area contributed by atoms with E-state index in [1.165, 1.54) is 0 Å². The van der Waals surface area contributed by atoms with Crippen LogP contribution < -0.4 is 5.73 Å². The van der Waals surface area contributed by atoms with Gasteiger partial charge in [-0.15, -0.1) is 0 Å². The van der Waals surface area contributed by atoms with Gasteiger partial charge in [-0.1, -0.05) is 47.6 Å². The van der Waals surface area contributed by atoms with Gasteiger partial charge in [0.25, 0.3) is 0 Å². The van der Waals surface area contributed by atoms with E-state index in [1.807, 2.05) is 0 Å². The molecule has 3 N–H and O–H groups in total. The fourth-order valence-corrected chi connectivity index (χ4v) is 1.91. The minimum Gasteiger partial charge on any atom is -0.397 e. The third kappa shape index (κ3) is 2.67. The first-order chi connectivity index (χ1) is 6.52. The van der Waals surface area contributed by atoms with E-state index in [2.05, 4.69) is 6.58 Å². The molecule has 1 aromatic rings. The summed E-state index contributed by atoms with van der Waals surface area (Å²) in [6.45, 7) is 3.46. The summed E-state index contributed by atoms with van der Waals surface area (Å²) in [4.78, 5) is 0.704. The molecule has 0 aliphatic heterocycles. The van der Waals surface area contributed by atoms with Gasteiger partial charge >= 0.3 is 0 Å². The lowest BCUT2D eigenvalue weighted by Gasteiger charge is -2.05. The molecular weight excluding hydrogens is 239 g/mol. The van der Waals surface area contributed by atoms with E-state index in [0.29, 0.717) is 14.9 Å². The van der Waals surface area contributed by atoms with Crippen molar-refractivity contribution in [2.24, 2.45) is 5.73 Å². The number of rotatable bonds is 2. The van der Waals surface area contributed by atoms with Crippen molar-refractivity contribution in [3.05, 3.63) is 40.5 Å². The molecule has 0 saturated carbocycles. The molecule has 14 heavy (non-hydrogen) atoms. The van der Waals surface area contributed by atoms with Crippen molar-refractivity contribution in [3.8, 4) is 0 Å². The molecule has 0 bridgehead atoms. The molecule has 1 aromatic carbocycles. The van der Waals surface area contributed by atoms with Crippen molar-refractivity contribution in [2.45, 2.75) is 4.90 Å². The number of thioether (sulfide) groups is 1. The molecule has 0 fully saturated rings. The minimum atomic E-state index is 0.175. The number of halogens is 2. The van der Waals surface area contributed by atoms with Crippen LogP contribution in [0.5, 0.6) is 0 Å². The van der Waals surface area contributed by atoms with Crippen LogP contribution in [0.4, 0.5) is 0 Å². The molecule has 5 heteroatoms. The number of benzene rings is 1. The largest absolute Gasteiger partial charge is 0.397 e. The van der Waals surface area contributed by atoms with Crippen LogP contribution in [0, 0.1) is 5.41 Å². The summed E-state index contributed by atoms with van der Waals surface area (Å²) in [5.41, 5.74) is 5.57. The van der Waals surface area contributed by atoms with E-state index in [1.54, 1.807) is 18.2 Å². The van der Waals surface area contributed by atoms with Gasteiger partial charge in [-0.05, 0) is 12.1 Å². The lowest BCUT2D eigenvalue weighted by atomic mass is 10.4. The van der Waals surface area contributed by atoms with Gasteiger partial charge in [-0.2, -0.15) is 0 Å². The van der Waals surface area contributed by atoms with Crippen molar-refractivity contribution in [1.29, 1.82) is 5.41 Å². The maximum atomic E-state index is 7.48. The predicted octanol–water partition coefficient (Wildman–Crippen LogP) is 3.54. The van der Waals surface area contributed by atoms with Crippen LogP contribution in [0.1, 0.15) is 0 Å². The molecular formula is C9H8Cl2N2S. The minimum absolute atomic E-state index is 0.175.